The lowest BCUT2D eigenvalue weighted by Gasteiger charge is -2.31. The molecule has 30 heavy (non-hydrogen) atoms. The topological polar surface area (TPSA) is 58.1 Å². The summed E-state index contributed by atoms with van der Waals surface area (Å²) in [6.07, 6.45) is 4.78. The smallest absolute Gasteiger partial charge is 0.286 e. The fraction of sp³-hybridized carbons (Fsp3) is 0.348. The van der Waals surface area contributed by atoms with Crippen molar-refractivity contribution in [2.45, 2.75) is 32.2 Å². The van der Waals surface area contributed by atoms with E-state index in [2.05, 4.69) is 50.7 Å². The van der Waals surface area contributed by atoms with E-state index >= 15 is 0 Å². The summed E-state index contributed by atoms with van der Waals surface area (Å²) in [5, 5.41) is 12.1. The molecule has 1 amide bonds. The molecule has 0 unspecified atom stereocenters. The van der Waals surface area contributed by atoms with E-state index in [4.69, 9.17) is 0 Å². The van der Waals surface area contributed by atoms with E-state index in [1.165, 1.54) is 60.4 Å². The van der Waals surface area contributed by atoms with Gasteiger partial charge in [-0.3, -0.25) is 9.69 Å². The second-order valence-corrected chi connectivity index (χ2v) is 8.77. The molecule has 0 spiro atoms. The molecule has 0 aliphatic carbocycles. The lowest BCUT2D eigenvalue weighted by molar-refractivity contribution is 0.102. The van der Waals surface area contributed by atoms with Crippen LogP contribution in [-0.2, 0) is 13.0 Å². The summed E-state index contributed by atoms with van der Waals surface area (Å²) in [5.41, 5.74) is 1.95. The number of rotatable bonds is 7. The predicted molar refractivity (Wildman–Crippen MR) is 117 cm³/mol. The number of benzene rings is 2. The molecule has 1 saturated heterocycles. The minimum Gasteiger partial charge on any atom is -0.320 e. The summed E-state index contributed by atoms with van der Waals surface area (Å²) in [6.45, 7) is 2.83. The third-order valence-corrected chi connectivity index (χ3v) is 6.42. The summed E-state index contributed by atoms with van der Waals surface area (Å²) in [6, 6.07) is 16.3. The van der Waals surface area contributed by atoms with Gasteiger partial charge in [-0.25, -0.2) is 4.39 Å². The Morgan fingerprint density at radius 1 is 1.07 bits per heavy atom. The molecule has 3 aromatic rings. The fourth-order valence-electron chi connectivity index (χ4n) is 3.77. The molecule has 7 heteroatoms. The van der Waals surface area contributed by atoms with Crippen LogP contribution in [0.5, 0.6) is 0 Å². The van der Waals surface area contributed by atoms with Crippen LogP contribution in [0.1, 0.15) is 39.6 Å². The molecule has 1 aliphatic rings. The lowest BCUT2D eigenvalue weighted by atomic mass is 9.90. The van der Waals surface area contributed by atoms with E-state index in [1.807, 2.05) is 0 Å². The highest BCUT2D eigenvalue weighted by molar-refractivity contribution is 7.13. The molecule has 1 fully saturated rings. The first-order valence-electron chi connectivity index (χ1n) is 10.3. The average Bonchev–Trinajstić information content (AvgIpc) is 3.24. The van der Waals surface area contributed by atoms with Gasteiger partial charge < -0.3 is 5.32 Å². The van der Waals surface area contributed by atoms with Gasteiger partial charge in [-0.05, 0) is 74.5 Å². The van der Waals surface area contributed by atoms with E-state index in [0.717, 1.165) is 37.0 Å². The quantitative estimate of drug-likeness (QED) is 0.593. The van der Waals surface area contributed by atoms with E-state index in [9.17, 15) is 9.18 Å². The molecule has 2 heterocycles. The van der Waals surface area contributed by atoms with Crippen molar-refractivity contribution >= 4 is 22.9 Å². The summed E-state index contributed by atoms with van der Waals surface area (Å²) in [5.74, 6) is 0.118. The van der Waals surface area contributed by atoms with E-state index < -0.39 is 0 Å². The first-order chi connectivity index (χ1) is 14.7. The third-order valence-electron chi connectivity index (χ3n) is 5.51. The number of likely N-dealkylation sites (tertiary alicyclic amines) is 1. The zero-order valence-corrected chi connectivity index (χ0v) is 17.6. The van der Waals surface area contributed by atoms with Gasteiger partial charge in [0.15, 0.2) is 0 Å². The molecular formula is C23H25FN4OS. The van der Waals surface area contributed by atoms with Crippen LogP contribution in [0.25, 0.3) is 0 Å². The summed E-state index contributed by atoms with van der Waals surface area (Å²) in [4.78, 5) is 14.7. The van der Waals surface area contributed by atoms with Crippen molar-refractivity contribution in [3.63, 3.8) is 0 Å². The predicted octanol–water partition coefficient (Wildman–Crippen LogP) is 4.77. The number of aromatic nitrogens is 2. The van der Waals surface area contributed by atoms with Gasteiger partial charge in [-0.15, -0.1) is 10.2 Å². The summed E-state index contributed by atoms with van der Waals surface area (Å²) in [7, 11) is 0. The highest BCUT2D eigenvalue weighted by atomic mass is 32.1. The standard InChI is InChI=1S/C23H25FN4OS/c24-19-8-10-20(11-9-19)25-22(29)23-27-26-21(30-23)16-28-14-12-18(13-15-28)7-6-17-4-2-1-3-5-17/h1-5,8-11,18H,6-7,12-16H2,(H,25,29). The highest BCUT2D eigenvalue weighted by Gasteiger charge is 2.21. The summed E-state index contributed by atoms with van der Waals surface area (Å²) >= 11 is 1.32. The van der Waals surface area contributed by atoms with Crippen LogP contribution in [0.3, 0.4) is 0 Å². The molecule has 0 atom stereocenters. The number of anilines is 1. The molecule has 1 aromatic heterocycles. The van der Waals surface area contributed by atoms with Crippen LogP contribution in [0, 0.1) is 11.7 Å². The van der Waals surface area contributed by atoms with Gasteiger partial charge in [0, 0.05) is 5.69 Å². The molecule has 5 nitrogen and oxygen atoms in total. The van der Waals surface area contributed by atoms with Gasteiger partial charge in [0.25, 0.3) is 5.91 Å². The molecule has 4 rings (SSSR count). The van der Waals surface area contributed by atoms with Crippen molar-refractivity contribution < 1.29 is 9.18 Å². The Kier molecular flexibility index (Phi) is 6.81. The Labute approximate surface area is 180 Å². The van der Waals surface area contributed by atoms with Gasteiger partial charge in [0.1, 0.15) is 10.8 Å². The van der Waals surface area contributed by atoms with Gasteiger partial charge in [-0.2, -0.15) is 0 Å². The third kappa shape index (κ3) is 5.70. The van der Waals surface area contributed by atoms with Gasteiger partial charge >= 0.3 is 0 Å². The van der Waals surface area contributed by atoms with Crippen LogP contribution in [0.2, 0.25) is 0 Å². The number of nitrogens with zero attached hydrogens (tertiary/aromatic N) is 3. The van der Waals surface area contributed by atoms with Crippen molar-refractivity contribution in [2.24, 2.45) is 5.92 Å². The first kappa shape index (κ1) is 20.6. The van der Waals surface area contributed by atoms with Gasteiger partial charge in [0.05, 0.1) is 6.54 Å². The SMILES string of the molecule is O=C(Nc1ccc(F)cc1)c1nnc(CN2CCC(CCc3ccccc3)CC2)s1. The minimum absolute atomic E-state index is 0.315. The van der Waals surface area contributed by atoms with E-state index in [0.29, 0.717) is 10.7 Å². The second kappa shape index (κ2) is 9.91. The summed E-state index contributed by atoms with van der Waals surface area (Å²) < 4.78 is 13.0. The molecule has 0 bridgehead atoms. The molecule has 2 aromatic carbocycles. The van der Waals surface area contributed by atoms with Crippen molar-refractivity contribution in [1.29, 1.82) is 0 Å². The number of nitrogens with one attached hydrogen (secondary N) is 1. The zero-order chi connectivity index (χ0) is 20.8. The van der Waals surface area contributed by atoms with Crippen molar-refractivity contribution in [1.82, 2.24) is 15.1 Å². The van der Waals surface area contributed by atoms with Crippen LogP contribution >= 0.6 is 11.3 Å². The fourth-order valence-corrected chi connectivity index (χ4v) is 4.54. The largest absolute Gasteiger partial charge is 0.320 e. The monoisotopic (exact) mass is 424 g/mol. The zero-order valence-electron chi connectivity index (χ0n) is 16.8. The second-order valence-electron chi connectivity index (χ2n) is 7.71. The minimum atomic E-state index is -0.338. The number of aryl methyl sites for hydroxylation is 1. The van der Waals surface area contributed by atoms with Crippen LogP contribution in [0.15, 0.2) is 54.6 Å². The Bertz CT molecular complexity index is 953. The number of carbonyl (C=O) groups is 1. The molecule has 0 saturated carbocycles. The van der Waals surface area contributed by atoms with Gasteiger partial charge in [0.2, 0.25) is 5.01 Å². The van der Waals surface area contributed by atoms with Crippen molar-refractivity contribution in [2.75, 3.05) is 18.4 Å². The molecule has 156 valence electrons. The van der Waals surface area contributed by atoms with Gasteiger partial charge in [-0.1, -0.05) is 41.7 Å². The van der Waals surface area contributed by atoms with Crippen molar-refractivity contribution in [3.8, 4) is 0 Å². The Hall–Kier alpha value is -2.64. The van der Waals surface area contributed by atoms with Crippen LogP contribution in [0.4, 0.5) is 10.1 Å². The normalized spacial score (nSPS) is 15.2. The van der Waals surface area contributed by atoms with Crippen LogP contribution < -0.4 is 5.32 Å². The number of amides is 1. The number of hydrogen-bond acceptors (Lipinski definition) is 5. The number of halogens is 1. The van der Waals surface area contributed by atoms with Crippen LogP contribution in [-0.4, -0.2) is 34.1 Å². The molecule has 1 aliphatic heterocycles. The maximum Gasteiger partial charge on any atom is 0.286 e. The number of piperidine rings is 1. The van der Waals surface area contributed by atoms with E-state index in [-0.39, 0.29) is 11.7 Å². The maximum absolute atomic E-state index is 13.0. The maximum atomic E-state index is 13.0. The lowest BCUT2D eigenvalue weighted by Crippen LogP contribution is -2.33. The molecular weight excluding hydrogens is 399 g/mol. The number of hydrogen-bond donors (Lipinski definition) is 1. The Morgan fingerprint density at radius 2 is 1.80 bits per heavy atom. The first-order valence-corrected chi connectivity index (χ1v) is 11.1. The Balaban J connectivity index is 1.22. The Morgan fingerprint density at radius 3 is 2.53 bits per heavy atom. The van der Waals surface area contributed by atoms with Crippen molar-refractivity contribution in [3.05, 3.63) is 76.0 Å². The molecule has 1 N–H and O–H groups in total. The average molecular weight is 425 g/mol. The molecule has 0 radical (unpaired) electrons. The highest BCUT2D eigenvalue weighted by Crippen LogP contribution is 2.24. The number of carbonyl (C=O) groups excluding carboxylic acids is 1. The van der Waals surface area contributed by atoms with E-state index in [1.54, 1.807) is 0 Å².